The summed E-state index contributed by atoms with van der Waals surface area (Å²) < 4.78 is 25.6. The van der Waals surface area contributed by atoms with E-state index in [-0.39, 0.29) is 0 Å². The summed E-state index contributed by atoms with van der Waals surface area (Å²) >= 11 is 0. The van der Waals surface area contributed by atoms with Crippen LogP contribution in [0.4, 0.5) is 0 Å². The maximum Gasteiger partial charge on any atom is 0.494 e. The molecule has 0 spiro atoms. The molecule has 5 rings (SSSR count). The first-order valence-electron chi connectivity index (χ1n) is 11.8. The molecule has 32 heavy (non-hydrogen) atoms. The molecular formula is C26H34B2O4. The molecule has 6 heteroatoms. The summed E-state index contributed by atoms with van der Waals surface area (Å²) in [5, 5.41) is 0. The molecule has 4 nitrogen and oxygen atoms in total. The van der Waals surface area contributed by atoms with Crippen LogP contribution < -0.4 is 10.9 Å². The molecule has 2 fully saturated rings. The Balaban J connectivity index is 1.58. The van der Waals surface area contributed by atoms with Crippen LogP contribution in [-0.4, -0.2) is 36.6 Å². The summed E-state index contributed by atoms with van der Waals surface area (Å²) in [5.41, 5.74) is 5.66. The van der Waals surface area contributed by atoms with Gasteiger partial charge >= 0.3 is 14.2 Å². The summed E-state index contributed by atoms with van der Waals surface area (Å²) in [5.74, 6) is 0. The van der Waals surface area contributed by atoms with Crippen LogP contribution in [0.5, 0.6) is 0 Å². The minimum Gasteiger partial charge on any atom is -0.399 e. The fourth-order valence-corrected chi connectivity index (χ4v) is 4.45. The highest BCUT2D eigenvalue weighted by atomic mass is 16.7. The molecule has 2 heterocycles. The normalized spacial score (nSPS) is 24.4. The third kappa shape index (κ3) is 3.47. The topological polar surface area (TPSA) is 36.9 Å². The fraction of sp³-hybridized carbons (Fsp3) is 0.538. The van der Waals surface area contributed by atoms with Gasteiger partial charge in [0.1, 0.15) is 0 Å². The van der Waals surface area contributed by atoms with Crippen LogP contribution in [0.1, 0.15) is 66.5 Å². The minimum absolute atomic E-state index is 0.395. The van der Waals surface area contributed by atoms with Crippen LogP contribution in [0.25, 0.3) is 11.1 Å². The number of fused-ring (bicyclic) bond motifs is 1. The molecule has 0 saturated carbocycles. The van der Waals surface area contributed by atoms with Crippen LogP contribution in [0.3, 0.4) is 0 Å². The molecule has 0 radical (unpaired) electrons. The van der Waals surface area contributed by atoms with E-state index in [0.717, 1.165) is 22.9 Å². The zero-order valence-electron chi connectivity index (χ0n) is 20.7. The van der Waals surface area contributed by atoms with Crippen molar-refractivity contribution in [1.29, 1.82) is 0 Å². The lowest BCUT2D eigenvalue weighted by molar-refractivity contribution is 0.00578. The number of rotatable bonds is 3. The zero-order valence-corrected chi connectivity index (χ0v) is 20.7. The first-order valence-corrected chi connectivity index (χ1v) is 11.8. The van der Waals surface area contributed by atoms with Crippen molar-refractivity contribution < 1.29 is 18.6 Å². The van der Waals surface area contributed by atoms with Crippen molar-refractivity contribution in [2.24, 2.45) is 0 Å². The van der Waals surface area contributed by atoms with Crippen molar-refractivity contribution >= 4 is 25.2 Å². The molecule has 3 aliphatic rings. The Labute approximate surface area is 193 Å². The predicted molar refractivity (Wildman–Crippen MR) is 131 cm³/mol. The summed E-state index contributed by atoms with van der Waals surface area (Å²) in [7, 11) is -0.874. The smallest absolute Gasteiger partial charge is 0.399 e. The van der Waals surface area contributed by atoms with E-state index in [9.17, 15) is 0 Å². The van der Waals surface area contributed by atoms with Crippen LogP contribution in [0.2, 0.25) is 0 Å². The summed E-state index contributed by atoms with van der Waals surface area (Å²) in [6.07, 6.45) is 2.34. The van der Waals surface area contributed by atoms with Gasteiger partial charge in [-0.3, -0.25) is 0 Å². The maximum atomic E-state index is 6.39. The second-order valence-corrected chi connectivity index (χ2v) is 11.5. The van der Waals surface area contributed by atoms with Crippen molar-refractivity contribution in [2.45, 2.75) is 90.6 Å². The summed E-state index contributed by atoms with van der Waals surface area (Å²) in [4.78, 5) is 0. The van der Waals surface area contributed by atoms with Crippen molar-refractivity contribution in [2.75, 3.05) is 0 Å². The third-order valence-corrected chi connectivity index (χ3v) is 8.23. The van der Waals surface area contributed by atoms with E-state index >= 15 is 0 Å². The van der Waals surface area contributed by atoms with E-state index in [4.69, 9.17) is 18.6 Å². The van der Waals surface area contributed by atoms with Crippen LogP contribution in [0.15, 0.2) is 36.4 Å². The highest BCUT2D eigenvalue weighted by molar-refractivity contribution is 6.66. The Bertz CT molecular complexity index is 987. The molecular weight excluding hydrogens is 398 g/mol. The van der Waals surface area contributed by atoms with E-state index in [1.165, 1.54) is 23.1 Å². The quantitative estimate of drug-likeness (QED) is 0.687. The van der Waals surface area contributed by atoms with Gasteiger partial charge in [-0.1, -0.05) is 36.4 Å². The van der Waals surface area contributed by atoms with Crippen molar-refractivity contribution in [3.8, 4) is 11.1 Å². The maximum absolute atomic E-state index is 6.39. The molecule has 2 saturated heterocycles. The zero-order chi connectivity index (χ0) is 23.1. The van der Waals surface area contributed by atoms with Crippen LogP contribution in [-0.2, 0) is 31.5 Å². The lowest BCUT2D eigenvalue weighted by Crippen LogP contribution is -2.41. The lowest BCUT2D eigenvalue weighted by atomic mass is 9.70. The largest absolute Gasteiger partial charge is 0.494 e. The Morgan fingerprint density at radius 3 is 1.34 bits per heavy atom. The first kappa shape index (κ1) is 22.2. The van der Waals surface area contributed by atoms with Gasteiger partial charge in [0.2, 0.25) is 0 Å². The molecule has 0 amide bonds. The van der Waals surface area contributed by atoms with Crippen molar-refractivity contribution in [3.63, 3.8) is 0 Å². The second kappa shape index (κ2) is 6.96. The molecule has 2 aromatic rings. The van der Waals surface area contributed by atoms with Gasteiger partial charge in [-0.25, -0.2) is 0 Å². The van der Waals surface area contributed by atoms with Crippen molar-refractivity contribution in [3.05, 3.63) is 47.5 Å². The van der Waals surface area contributed by atoms with E-state index in [1.54, 1.807) is 0 Å². The molecule has 1 aliphatic carbocycles. The van der Waals surface area contributed by atoms with E-state index in [1.807, 2.05) is 0 Å². The van der Waals surface area contributed by atoms with Gasteiger partial charge in [-0.2, -0.15) is 0 Å². The first-order chi connectivity index (χ1) is 14.8. The highest BCUT2D eigenvalue weighted by Crippen LogP contribution is 2.38. The Hall–Kier alpha value is -1.59. The molecule has 0 aromatic heterocycles. The predicted octanol–water partition coefficient (Wildman–Crippen LogP) is 4.05. The molecule has 168 valence electrons. The minimum atomic E-state index is -0.437. The van der Waals surface area contributed by atoms with Gasteiger partial charge in [0.05, 0.1) is 22.4 Å². The van der Waals surface area contributed by atoms with E-state index in [2.05, 4.69) is 91.8 Å². The van der Waals surface area contributed by atoms with E-state index < -0.39 is 36.6 Å². The molecule has 2 aliphatic heterocycles. The SMILES string of the molecule is CC1(C)OB(c2cc(B3OC(C)(C)C(C)(C)O3)cc(-c3ccc4c(c3)CC4)c2)OC1(C)C. The number of hydrogen-bond acceptors (Lipinski definition) is 4. The molecule has 0 bridgehead atoms. The Kier molecular flexibility index (Phi) is 4.83. The Morgan fingerprint density at radius 1 is 0.531 bits per heavy atom. The number of benzene rings is 2. The Morgan fingerprint density at radius 2 is 0.969 bits per heavy atom. The van der Waals surface area contributed by atoms with E-state index in [0.29, 0.717) is 0 Å². The average molecular weight is 432 g/mol. The molecule has 0 atom stereocenters. The van der Waals surface area contributed by atoms with Crippen LogP contribution in [0, 0.1) is 0 Å². The number of hydrogen-bond donors (Lipinski definition) is 0. The fourth-order valence-electron chi connectivity index (χ4n) is 4.45. The van der Waals surface area contributed by atoms with Gasteiger partial charge in [-0.05, 0) is 101 Å². The molecule has 2 aromatic carbocycles. The van der Waals surface area contributed by atoms with Crippen molar-refractivity contribution in [1.82, 2.24) is 0 Å². The summed E-state index contributed by atoms with van der Waals surface area (Å²) in [6, 6.07) is 13.3. The number of aryl methyl sites for hydroxylation is 2. The van der Waals surface area contributed by atoms with Gasteiger partial charge in [0.25, 0.3) is 0 Å². The van der Waals surface area contributed by atoms with Gasteiger partial charge in [0, 0.05) is 0 Å². The molecule has 0 unspecified atom stereocenters. The average Bonchev–Trinajstić information content (AvgIpc) is 3.02. The van der Waals surface area contributed by atoms with Gasteiger partial charge in [0.15, 0.2) is 0 Å². The lowest BCUT2D eigenvalue weighted by Gasteiger charge is -2.32. The summed E-state index contributed by atoms with van der Waals surface area (Å²) in [6.45, 7) is 16.7. The van der Waals surface area contributed by atoms with Gasteiger partial charge < -0.3 is 18.6 Å². The highest BCUT2D eigenvalue weighted by Gasteiger charge is 2.54. The third-order valence-electron chi connectivity index (χ3n) is 8.23. The van der Waals surface area contributed by atoms with Gasteiger partial charge in [-0.15, -0.1) is 0 Å². The standard InChI is InChI=1S/C26H34B2O4/c1-23(2)24(3,4)30-27(29-23)21-14-20(19-12-10-17-9-11-18(17)13-19)15-22(16-21)28-31-25(5,6)26(7,8)32-28/h10,12-16H,9,11H2,1-8H3. The van der Waals surface area contributed by atoms with Crippen LogP contribution >= 0.6 is 0 Å². The second-order valence-electron chi connectivity index (χ2n) is 11.5. The molecule has 0 N–H and O–H groups in total. The monoisotopic (exact) mass is 432 g/mol.